The van der Waals surface area contributed by atoms with Gasteiger partial charge in [0.1, 0.15) is 5.75 Å². The van der Waals surface area contributed by atoms with Crippen LogP contribution in [0.3, 0.4) is 0 Å². The summed E-state index contributed by atoms with van der Waals surface area (Å²) in [5, 5.41) is 5.35. The van der Waals surface area contributed by atoms with E-state index in [9.17, 15) is 4.79 Å². The van der Waals surface area contributed by atoms with Crippen molar-refractivity contribution in [3.05, 3.63) is 77.4 Å². The van der Waals surface area contributed by atoms with Gasteiger partial charge < -0.3 is 10.1 Å². The molecular weight excluding hydrogens is 322 g/mol. The predicted molar refractivity (Wildman–Crippen MR) is 107 cm³/mol. The van der Waals surface area contributed by atoms with Gasteiger partial charge >= 0.3 is 0 Å². The third-order valence-corrected chi connectivity index (χ3v) is 4.98. The van der Waals surface area contributed by atoms with Crippen LogP contribution < -0.4 is 10.1 Å². The van der Waals surface area contributed by atoms with Crippen molar-refractivity contribution in [3.63, 3.8) is 0 Å². The molecule has 0 aliphatic heterocycles. The van der Waals surface area contributed by atoms with Gasteiger partial charge in [-0.3, -0.25) is 4.79 Å². The Morgan fingerprint density at radius 2 is 1.65 bits per heavy atom. The number of nitrogens with one attached hydrogen (secondary N) is 1. The molecule has 3 aromatic carbocycles. The van der Waals surface area contributed by atoms with Gasteiger partial charge in [-0.15, -0.1) is 0 Å². The third-order valence-electron chi connectivity index (χ3n) is 4.98. The van der Waals surface area contributed by atoms with E-state index in [0.29, 0.717) is 0 Å². The summed E-state index contributed by atoms with van der Waals surface area (Å²) in [4.78, 5) is 12.7. The Labute approximate surface area is 155 Å². The molecule has 1 N–H and O–H groups in total. The van der Waals surface area contributed by atoms with Crippen LogP contribution in [0.2, 0.25) is 0 Å². The van der Waals surface area contributed by atoms with Crippen LogP contribution in [0.5, 0.6) is 5.75 Å². The summed E-state index contributed by atoms with van der Waals surface area (Å²) in [6.45, 7) is 6.04. The summed E-state index contributed by atoms with van der Waals surface area (Å²) in [5.41, 5.74) is 3.35. The molecule has 0 saturated heterocycles. The van der Waals surface area contributed by atoms with Crippen LogP contribution in [0.1, 0.15) is 42.5 Å². The minimum absolute atomic E-state index is 0.0177. The van der Waals surface area contributed by atoms with Crippen molar-refractivity contribution in [1.82, 2.24) is 5.32 Å². The second-order valence-corrected chi connectivity index (χ2v) is 6.78. The Hall–Kier alpha value is -2.81. The molecule has 0 bridgehead atoms. The number of fused-ring (bicyclic) bond motifs is 1. The molecule has 3 aromatic rings. The highest BCUT2D eigenvalue weighted by Gasteiger charge is 2.19. The van der Waals surface area contributed by atoms with Crippen LogP contribution in [0.15, 0.2) is 60.7 Å². The summed E-state index contributed by atoms with van der Waals surface area (Å²) >= 11 is 0. The zero-order chi connectivity index (χ0) is 18.7. The lowest BCUT2D eigenvalue weighted by molar-refractivity contribution is -0.122. The van der Waals surface area contributed by atoms with E-state index in [4.69, 9.17) is 4.74 Å². The molecule has 0 spiro atoms. The van der Waals surface area contributed by atoms with E-state index in [0.717, 1.165) is 27.6 Å². The van der Waals surface area contributed by atoms with E-state index in [2.05, 4.69) is 30.4 Å². The van der Waals surface area contributed by atoms with E-state index in [1.54, 1.807) is 7.11 Å². The smallest absolute Gasteiger partial charge is 0.227 e. The first-order valence-corrected chi connectivity index (χ1v) is 8.93. The normalized spacial score (nSPS) is 13.2. The first-order chi connectivity index (χ1) is 12.5. The van der Waals surface area contributed by atoms with Crippen molar-refractivity contribution in [2.75, 3.05) is 7.11 Å². The second kappa shape index (κ2) is 7.61. The van der Waals surface area contributed by atoms with E-state index >= 15 is 0 Å². The van der Waals surface area contributed by atoms with Gasteiger partial charge in [-0.2, -0.15) is 0 Å². The van der Waals surface area contributed by atoms with Crippen LogP contribution >= 0.6 is 0 Å². The predicted octanol–water partition coefficient (Wildman–Crippen LogP) is 5.14. The molecule has 0 fully saturated rings. The zero-order valence-corrected chi connectivity index (χ0v) is 15.7. The molecule has 3 nitrogen and oxygen atoms in total. The van der Waals surface area contributed by atoms with Crippen LogP contribution in [-0.2, 0) is 4.79 Å². The maximum absolute atomic E-state index is 12.7. The number of amides is 1. The molecule has 0 unspecified atom stereocenters. The quantitative estimate of drug-likeness (QED) is 0.694. The Morgan fingerprint density at radius 1 is 0.962 bits per heavy atom. The number of carbonyl (C=O) groups excluding carboxylic acids is 1. The third kappa shape index (κ3) is 3.72. The molecule has 1 amide bonds. The maximum atomic E-state index is 12.7. The van der Waals surface area contributed by atoms with Gasteiger partial charge in [-0.1, -0.05) is 48.5 Å². The number of rotatable bonds is 5. The first-order valence-electron chi connectivity index (χ1n) is 8.93. The van der Waals surface area contributed by atoms with Gasteiger partial charge in [0.05, 0.1) is 19.1 Å². The van der Waals surface area contributed by atoms with E-state index in [1.807, 2.05) is 56.3 Å². The number of ether oxygens (including phenoxy) is 1. The van der Waals surface area contributed by atoms with Crippen molar-refractivity contribution in [2.45, 2.75) is 32.7 Å². The van der Waals surface area contributed by atoms with E-state index in [-0.39, 0.29) is 17.9 Å². The fourth-order valence-electron chi connectivity index (χ4n) is 3.28. The molecule has 0 aliphatic carbocycles. The molecule has 26 heavy (non-hydrogen) atoms. The van der Waals surface area contributed by atoms with Gasteiger partial charge in [0.25, 0.3) is 0 Å². The summed E-state index contributed by atoms with van der Waals surface area (Å²) in [6, 6.07) is 20.2. The van der Waals surface area contributed by atoms with Crippen LogP contribution in [0, 0.1) is 6.92 Å². The monoisotopic (exact) mass is 347 g/mol. The number of hydrogen-bond donors (Lipinski definition) is 1. The summed E-state index contributed by atoms with van der Waals surface area (Å²) in [7, 11) is 1.66. The first kappa shape index (κ1) is 18.0. The van der Waals surface area contributed by atoms with E-state index < -0.39 is 0 Å². The molecular formula is C23H25NO2. The van der Waals surface area contributed by atoms with Crippen molar-refractivity contribution >= 4 is 16.7 Å². The second-order valence-electron chi connectivity index (χ2n) is 6.78. The minimum atomic E-state index is -0.215. The van der Waals surface area contributed by atoms with Crippen molar-refractivity contribution < 1.29 is 9.53 Å². The Bertz CT molecular complexity index is 932. The van der Waals surface area contributed by atoms with Gasteiger partial charge in [-0.05, 0) is 60.4 Å². The summed E-state index contributed by atoms with van der Waals surface area (Å²) in [6.07, 6.45) is 0. The lowest BCUT2D eigenvalue weighted by Crippen LogP contribution is -2.30. The highest BCUT2D eigenvalue weighted by molar-refractivity contribution is 5.88. The zero-order valence-electron chi connectivity index (χ0n) is 15.7. The summed E-state index contributed by atoms with van der Waals surface area (Å²) in [5.74, 6) is 0.657. The topological polar surface area (TPSA) is 38.3 Å². The lowest BCUT2D eigenvalue weighted by Gasteiger charge is -2.20. The molecule has 0 aromatic heterocycles. The molecule has 3 rings (SSSR count). The van der Waals surface area contributed by atoms with Crippen molar-refractivity contribution in [2.24, 2.45) is 0 Å². The molecule has 134 valence electrons. The number of benzene rings is 3. The Kier molecular flexibility index (Phi) is 5.27. The fourth-order valence-corrected chi connectivity index (χ4v) is 3.28. The highest BCUT2D eigenvalue weighted by Crippen LogP contribution is 2.26. The van der Waals surface area contributed by atoms with E-state index in [1.165, 1.54) is 5.56 Å². The van der Waals surface area contributed by atoms with Gasteiger partial charge in [0, 0.05) is 0 Å². The number of methoxy groups -OCH3 is 1. The molecule has 0 radical (unpaired) electrons. The number of aryl methyl sites for hydroxylation is 1. The van der Waals surface area contributed by atoms with Gasteiger partial charge in [0.2, 0.25) is 5.91 Å². The van der Waals surface area contributed by atoms with Crippen LogP contribution in [0.25, 0.3) is 10.8 Å². The number of carbonyl (C=O) groups is 1. The van der Waals surface area contributed by atoms with Crippen molar-refractivity contribution in [3.8, 4) is 5.75 Å². The molecule has 3 heteroatoms. The molecule has 2 atom stereocenters. The Balaban J connectivity index is 1.77. The fraction of sp³-hybridized carbons (Fsp3) is 0.261. The van der Waals surface area contributed by atoms with Crippen LogP contribution in [0.4, 0.5) is 0 Å². The van der Waals surface area contributed by atoms with Gasteiger partial charge in [-0.25, -0.2) is 0 Å². The average Bonchev–Trinajstić information content (AvgIpc) is 2.66. The average molecular weight is 347 g/mol. The number of hydrogen-bond acceptors (Lipinski definition) is 2. The Morgan fingerprint density at radius 3 is 2.38 bits per heavy atom. The van der Waals surface area contributed by atoms with Gasteiger partial charge in [0.15, 0.2) is 0 Å². The molecule has 0 saturated carbocycles. The standard InChI is InChI=1S/C23H25NO2/c1-15-7-5-6-8-22(15)17(3)24-23(25)16(2)18-9-10-20-14-21(26-4)12-11-19(20)13-18/h5-14,16-17H,1-4H3,(H,24,25)/t16-,17+/m0/s1. The molecule has 0 heterocycles. The lowest BCUT2D eigenvalue weighted by atomic mass is 9.96. The highest BCUT2D eigenvalue weighted by atomic mass is 16.5. The minimum Gasteiger partial charge on any atom is -0.497 e. The SMILES string of the molecule is COc1ccc2cc([C@H](C)C(=O)N[C@H](C)c3ccccc3C)ccc2c1. The van der Waals surface area contributed by atoms with Crippen molar-refractivity contribution in [1.29, 1.82) is 0 Å². The summed E-state index contributed by atoms with van der Waals surface area (Å²) < 4.78 is 5.27. The maximum Gasteiger partial charge on any atom is 0.227 e. The largest absolute Gasteiger partial charge is 0.497 e. The molecule has 0 aliphatic rings. The van der Waals surface area contributed by atoms with Crippen LogP contribution in [-0.4, -0.2) is 13.0 Å².